The average Bonchev–Trinajstić information content (AvgIpc) is 2.98. The van der Waals surface area contributed by atoms with E-state index in [0.717, 1.165) is 42.1 Å². The van der Waals surface area contributed by atoms with E-state index in [-0.39, 0.29) is 23.5 Å². The number of thioether (sulfide) groups is 1. The zero-order valence-corrected chi connectivity index (χ0v) is 18.3. The number of hydrogen-bond acceptors (Lipinski definition) is 7. The summed E-state index contributed by atoms with van der Waals surface area (Å²) in [6, 6.07) is -0.0707. The van der Waals surface area contributed by atoms with E-state index < -0.39 is 5.25 Å². The van der Waals surface area contributed by atoms with Crippen LogP contribution in [0.3, 0.4) is 0 Å². The Balaban J connectivity index is 1.28. The lowest BCUT2D eigenvalue weighted by molar-refractivity contribution is -0.119. The number of urea groups is 1. The number of nitrogens with zero attached hydrogens (tertiary/aromatic N) is 2. The maximum atomic E-state index is 12.5. The van der Waals surface area contributed by atoms with Gasteiger partial charge in [0, 0.05) is 11.6 Å². The third kappa shape index (κ3) is 4.45. The Kier molecular flexibility index (Phi) is 5.57. The van der Waals surface area contributed by atoms with Gasteiger partial charge in [0.05, 0.1) is 5.25 Å². The van der Waals surface area contributed by atoms with Crippen LogP contribution in [0.25, 0.3) is 0 Å². The quantitative estimate of drug-likeness (QED) is 0.605. The first-order valence-corrected chi connectivity index (χ1v) is 11.9. The van der Waals surface area contributed by atoms with Crippen LogP contribution in [0.1, 0.15) is 59.3 Å². The molecule has 4 fully saturated rings. The second kappa shape index (κ2) is 7.82. The van der Waals surface area contributed by atoms with Crippen LogP contribution < -0.4 is 16.0 Å². The maximum Gasteiger partial charge on any atom is 0.321 e. The number of carbonyl (C=O) groups excluding carboxylic acids is 2. The summed E-state index contributed by atoms with van der Waals surface area (Å²) in [5.74, 6) is 1.97. The third-order valence-corrected chi connectivity index (χ3v) is 8.16. The van der Waals surface area contributed by atoms with Crippen molar-refractivity contribution in [2.45, 2.75) is 80.5 Å². The van der Waals surface area contributed by atoms with Gasteiger partial charge in [0.2, 0.25) is 11.0 Å². The van der Waals surface area contributed by atoms with Crippen molar-refractivity contribution in [3.05, 3.63) is 0 Å². The molecule has 4 bridgehead atoms. The van der Waals surface area contributed by atoms with Crippen molar-refractivity contribution in [3.8, 4) is 0 Å². The van der Waals surface area contributed by atoms with Crippen molar-refractivity contribution in [2.24, 2.45) is 17.8 Å². The van der Waals surface area contributed by atoms with E-state index in [1.807, 2.05) is 13.8 Å². The zero-order valence-electron chi connectivity index (χ0n) is 16.7. The standard InChI is InChI=1S/C19H29N5O2S2/c1-10(2)20-17-23-24-18(28-17)27-11(3)15(25)21-16(26)22-19-7-12-4-13(8-19)6-14(5-12)9-19/h10-14H,4-9H2,1-3H3,(H,20,23)(H2,21,22,25,26)/t11-,12?,13?,14?,19?/m0/s1. The minimum atomic E-state index is -0.415. The Morgan fingerprint density at radius 3 is 2.25 bits per heavy atom. The summed E-state index contributed by atoms with van der Waals surface area (Å²) >= 11 is 2.74. The first-order chi connectivity index (χ1) is 13.3. The Labute approximate surface area is 174 Å². The minimum absolute atomic E-state index is 0.0911. The van der Waals surface area contributed by atoms with Crippen molar-refractivity contribution in [2.75, 3.05) is 5.32 Å². The number of rotatable bonds is 6. The van der Waals surface area contributed by atoms with E-state index in [1.54, 1.807) is 6.92 Å². The number of hydrogen-bond donors (Lipinski definition) is 3. The Morgan fingerprint density at radius 2 is 1.68 bits per heavy atom. The summed E-state index contributed by atoms with van der Waals surface area (Å²) in [6.07, 6.45) is 7.18. The molecule has 0 unspecified atom stereocenters. The van der Waals surface area contributed by atoms with Crippen molar-refractivity contribution >= 4 is 40.2 Å². The molecule has 1 atom stereocenters. The molecule has 4 aliphatic carbocycles. The van der Waals surface area contributed by atoms with Gasteiger partial charge in [-0.25, -0.2) is 4.79 Å². The molecule has 28 heavy (non-hydrogen) atoms. The van der Waals surface area contributed by atoms with Gasteiger partial charge < -0.3 is 10.6 Å². The topological polar surface area (TPSA) is 96.0 Å². The van der Waals surface area contributed by atoms with Crippen LogP contribution in [0.2, 0.25) is 0 Å². The van der Waals surface area contributed by atoms with Crippen LogP contribution in [0.5, 0.6) is 0 Å². The summed E-state index contributed by atoms with van der Waals surface area (Å²) in [7, 11) is 0. The van der Waals surface area contributed by atoms with Crippen LogP contribution in [-0.2, 0) is 4.79 Å². The predicted molar refractivity (Wildman–Crippen MR) is 112 cm³/mol. The lowest BCUT2D eigenvalue weighted by Crippen LogP contribution is -2.62. The smallest absolute Gasteiger partial charge is 0.321 e. The van der Waals surface area contributed by atoms with Gasteiger partial charge in [-0.3, -0.25) is 10.1 Å². The van der Waals surface area contributed by atoms with Gasteiger partial charge in [0.15, 0.2) is 4.34 Å². The minimum Gasteiger partial charge on any atom is -0.358 e. The van der Waals surface area contributed by atoms with Crippen LogP contribution >= 0.6 is 23.1 Å². The van der Waals surface area contributed by atoms with E-state index in [1.165, 1.54) is 42.4 Å². The largest absolute Gasteiger partial charge is 0.358 e. The first-order valence-electron chi connectivity index (χ1n) is 10.2. The average molecular weight is 424 g/mol. The fraction of sp³-hybridized carbons (Fsp3) is 0.789. The Hall–Kier alpha value is -1.35. The number of nitrogens with one attached hydrogen (secondary N) is 3. The second-order valence-corrected chi connectivity index (χ2v) is 11.6. The second-order valence-electron chi connectivity index (χ2n) is 9.07. The summed E-state index contributed by atoms with van der Waals surface area (Å²) in [4.78, 5) is 25.0. The molecular weight excluding hydrogens is 394 g/mol. The summed E-state index contributed by atoms with van der Waals surface area (Å²) in [5, 5.41) is 17.4. The van der Waals surface area contributed by atoms with Crippen LogP contribution in [0.4, 0.5) is 9.93 Å². The molecule has 154 valence electrons. The highest BCUT2D eigenvalue weighted by Gasteiger charge is 2.51. The van der Waals surface area contributed by atoms with Crippen LogP contribution in [0, 0.1) is 17.8 Å². The number of carbonyl (C=O) groups is 2. The third-order valence-electron chi connectivity index (χ3n) is 6.12. The molecule has 0 radical (unpaired) electrons. The molecule has 3 amide bonds. The van der Waals surface area contributed by atoms with Gasteiger partial charge in [0.1, 0.15) is 0 Å². The summed E-state index contributed by atoms with van der Waals surface area (Å²) in [5.41, 5.74) is -0.0911. The Morgan fingerprint density at radius 1 is 1.07 bits per heavy atom. The maximum absolute atomic E-state index is 12.5. The van der Waals surface area contributed by atoms with Gasteiger partial charge >= 0.3 is 6.03 Å². The monoisotopic (exact) mass is 423 g/mol. The lowest BCUT2D eigenvalue weighted by Gasteiger charge is -2.56. The fourth-order valence-corrected chi connectivity index (χ4v) is 7.56. The predicted octanol–water partition coefficient (Wildman–Crippen LogP) is 3.63. The molecule has 3 N–H and O–H groups in total. The highest BCUT2D eigenvalue weighted by molar-refractivity contribution is 8.02. The highest BCUT2D eigenvalue weighted by atomic mass is 32.2. The van der Waals surface area contributed by atoms with Crippen LogP contribution in [0.15, 0.2) is 4.34 Å². The molecule has 0 spiro atoms. The zero-order chi connectivity index (χ0) is 19.9. The molecule has 4 aliphatic rings. The van der Waals surface area contributed by atoms with E-state index in [0.29, 0.717) is 4.34 Å². The summed E-state index contributed by atoms with van der Waals surface area (Å²) < 4.78 is 0.715. The van der Waals surface area contributed by atoms with E-state index >= 15 is 0 Å². The van der Waals surface area contributed by atoms with Crippen LogP contribution in [-0.4, -0.2) is 39.0 Å². The summed E-state index contributed by atoms with van der Waals surface area (Å²) in [6.45, 7) is 5.86. The van der Waals surface area contributed by atoms with Crippen molar-refractivity contribution in [1.82, 2.24) is 20.8 Å². The number of amides is 3. The molecule has 1 heterocycles. The van der Waals surface area contributed by atoms with E-state index in [9.17, 15) is 9.59 Å². The van der Waals surface area contributed by atoms with Gasteiger partial charge in [-0.1, -0.05) is 23.1 Å². The lowest BCUT2D eigenvalue weighted by atomic mass is 9.53. The van der Waals surface area contributed by atoms with Crippen molar-refractivity contribution < 1.29 is 9.59 Å². The first kappa shape index (κ1) is 19.9. The molecule has 9 heteroatoms. The highest BCUT2D eigenvalue weighted by Crippen LogP contribution is 2.55. The SMILES string of the molecule is CC(C)Nc1nnc(S[C@@H](C)C(=O)NC(=O)NC23CC4CC(CC(C4)C2)C3)s1. The molecule has 0 aromatic carbocycles. The molecule has 0 aliphatic heterocycles. The molecule has 7 nitrogen and oxygen atoms in total. The molecule has 1 aromatic heterocycles. The van der Waals surface area contributed by atoms with E-state index in [2.05, 4.69) is 26.1 Å². The molecule has 5 rings (SSSR count). The van der Waals surface area contributed by atoms with Crippen molar-refractivity contribution in [3.63, 3.8) is 0 Å². The fourth-order valence-electron chi connectivity index (χ4n) is 5.52. The van der Waals surface area contributed by atoms with E-state index in [4.69, 9.17) is 0 Å². The molecule has 0 saturated heterocycles. The van der Waals surface area contributed by atoms with Gasteiger partial charge in [-0.15, -0.1) is 10.2 Å². The molecule has 4 saturated carbocycles. The number of anilines is 1. The van der Waals surface area contributed by atoms with Crippen molar-refractivity contribution in [1.29, 1.82) is 0 Å². The number of aromatic nitrogens is 2. The van der Waals surface area contributed by atoms with Gasteiger partial charge in [-0.05, 0) is 77.0 Å². The van der Waals surface area contributed by atoms with Gasteiger partial charge in [0.25, 0.3) is 0 Å². The Bertz CT molecular complexity index is 715. The van der Waals surface area contributed by atoms with Gasteiger partial charge in [-0.2, -0.15) is 0 Å². The normalized spacial score (nSPS) is 31.6. The molecular formula is C19H29N5O2S2. The molecule has 1 aromatic rings. The number of imide groups is 1.